The Balaban J connectivity index is 2.49. The molecule has 0 fully saturated rings. The van der Waals surface area contributed by atoms with E-state index in [1.54, 1.807) is 12.3 Å². The number of carbonyl (C=O) groups excluding carboxylic acids is 1. The van der Waals surface area contributed by atoms with Gasteiger partial charge in [0.25, 0.3) is 0 Å². The van der Waals surface area contributed by atoms with Crippen molar-refractivity contribution >= 4 is 5.91 Å². The van der Waals surface area contributed by atoms with E-state index in [1.165, 1.54) is 0 Å². The third-order valence-corrected chi connectivity index (χ3v) is 2.48. The van der Waals surface area contributed by atoms with Crippen LogP contribution in [0.25, 0.3) is 0 Å². The van der Waals surface area contributed by atoms with Gasteiger partial charge in [0, 0.05) is 11.9 Å². The van der Waals surface area contributed by atoms with Gasteiger partial charge in [-0.25, -0.2) is 0 Å². The minimum absolute atomic E-state index is 0.0573. The number of aromatic amines is 1. The summed E-state index contributed by atoms with van der Waals surface area (Å²) < 4.78 is 0. The van der Waals surface area contributed by atoms with E-state index in [1.807, 2.05) is 13.8 Å². The van der Waals surface area contributed by atoms with Crippen molar-refractivity contribution in [1.29, 1.82) is 0 Å². The molecule has 84 valence electrons. The van der Waals surface area contributed by atoms with Gasteiger partial charge in [-0.1, -0.05) is 6.92 Å². The summed E-state index contributed by atoms with van der Waals surface area (Å²) in [6.07, 6.45) is 2.56. The van der Waals surface area contributed by atoms with Crippen molar-refractivity contribution < 1.29 is 9.90 Å². The molecule has 0 aliphatic rings. The summed E-state index contributed by atoms with van der Waals surface area (Å²) in [4.78, 5) is 11.6. The summed E-state index contributed by atoms with van der Waals surface area (Å²) in [5, 5.41) is 18.4. The summed E-state index contributed by atoms with van der Waals surface area (Å²) in [5.74, 6) is -0.113. The molecule has 5 nitrogen and oxygen atoms in total. The number of amides is 1. The van der Waals surface area contributed by atoms with Gasteiger partial charge in [0.05, 0.1) is 18.6 Å². The fourth-order valence-electron chi connectivity index (χ4n) is 1.18. The van der Waals surface area contributed by atoms with E-state index in [2.05, 4.69) is 15.5 Å². The Labute approximate surface area is 88.9 Å². The van der Waals surface area contributed by atoms with Gasteiger partial charge in [-0.2, -0.15) is 5.10 Å². The maximum Gasteiger partial charge on any atom is 0.226 e. The van der Waals surface area contributed by atoms with E-state index in [0.29, 0.717) is 6.42 Å². The number of aromatic nitrogens is 2. The molecule has 0 bridgehead atoms. The molecule has 0 aliphatic carbocycles. The van der Waals surface area contributed by atoms with Crippen LogP contribution >= 0.6 is 0 Å². The van der Waals surface area contributed by atoms with E-state index < -0.39 is 5.54 Å². The van der Waals surface area contributed by atoms with Gasteiger partial charge < -0.3 is 10.4 Å². The molecule has 1 heterocycles. The average Bonchev–Trinajstić information content (AvgIpc) is 2.70. The van der Waals surface area contributed by atoms with Crippen molar-refractivity contribution in [3.63, 3.8) is 0 Å². The van der Waals surface area contributed by atoms with Crippen molar-refractivity contribution in [3.8, 4) is 0 Å². The molecule has 1 atom stereocenters. The standard InChI is InChI=1S/C10H17N3O2/c1-3-10(2,7-14)12-9(15)6-8-4-5-11-13-8/h4-5,14H,3,6-7H2,1-2H3,(H,11,13)(H,12,15). The van der Waals surface area contributed by atoms with Gasteiger partial charge in [0.1, 0.15) is 0 Å². The Hall–Kier alpha value is -1.36. The minimum atomic E-state index is -0.531. The van der Waals surface area contributed by atoms with Crippen LogP contribution in [-0.4, -0.2) is 33.4 Å². The number of carbonyl (C=O) groups is 1. The van der Waals surface area contributed by atoms with Crippen LogP contribution in [0.15, 0.2) is 12.3 Å². The van der Waals surface area contributed by atoms with Crippen LogP contribution in [0, 0.1) is 0 Å². The van der Waals surface area contributed by atoms with E-state index in [4.69, 9.17) is 5.11 Å². The van der Waals surface area contributed by atoms with Crippen LogP contribution in [-0.2, 0) is 11.2 Å². The van der Waals surface area contributed by atoms with Gasteiger partial charge in [-0.05, 0) is 19.4 Å². The lowest BCUT2D eigenvalue weighted by Gasteiger charge is -2.27. The third-order valence-electron chi connectivity index (χ3n) is 2.48. The number of hydrogen-bond acceptors (Lipinski definition) is 3. The number of aliphatic hydroxyl groups excluding tert-OH is 1. The highest BCUT2D eigenvalue weighted by atomic mass is 16.3. The smallest absolute Gasteiger partial charge is 0.226 e. The van der Waals surface area contributed by atoms with Crippen LogP contribution in [0.1, 0.15) is 26.0 Å². The first-order valence-electron chi connectivity index (χ1n) is 5.00. The molecule has 0 radical (unpaired) electrons. The zero-order valence-corrected chi connectivity index (χ0v) is 9.08. The van der Waals surface area contributed by atoms with E-state index >= 15 is 0 Å². The fraction of sp³-hybridized carbons (Fsp3) is 0.600. The maximum absolute atomic E-state index is 11.6. The van der Waals surface area contributed by atoms with Crippen molar-refractivity contribution in [1.82, 2.24) is 15.5 Å². The average molecular weight is 211 g/mol. The Kier molecular flexibility index (Phi) is 3.85. The second kappa shape index (κ2) is 4.93. The zero-order valence-electron chi connectivity index (χ0n) is 9.08. The fourth-order valence-corrected chi connectivity index (χ4v) is 1.18. The summed E-state index contributed by atoms with van der Waals surface area (Å²) >= 11 is 0. The van der Waals surface area contributed by atoms with Crippen molar-refractivity contribution in [2.45, 2.75) is 32.2 Å². The first kappa shape index (κ1) is 11.7. The summed E-state index contributed by atoms with van der Waals surface area (Å²) in [6.45, 7) is 3.68. The third kappa shape index (κ3) is 3.36. The second-order valence-corrected chi connectivity index (χ2v) is 3.88. The van der Waals surface area contributed by atoms with Crippen LogP contribution in [0.4, 0.5) is 0 Å². The molecule has 0 spiro atoms. The maximum atomic E-state index is 11.6. The van der Waals surface area contributed by atoms with Crippen LogP contribution in [0.2, 0.25) is 0 Å². The van der Waals surface area contributed by atoms with Gasteiger partial charge in [0.15, 0.2) is 0 Å². The molecule has 1 aromatic heterocycles. The minimum Gasteiger partial charge on any atom is -0.394 e. The number of nitrogens with zero attached hydrogens (tertiary/aromatic N) is 1. The van der Waals surface area contributed by atoms with Crippen LogP contribution in [0.3, 0.4) is 0 Å². The highest BCUT2D eigenvalue weighted by Crippen LogP contribution is 2.07. The van der Waals surface area contributed by atoms with Crippen molar-refractivity contribution in [2.75, 3.05) is 6.61 Å². The quantitative estimate of drug-likeness (QED) is 0.652. The summed E-state index contributed by atoms with van der Waals surface area (Å²) in [6, 6.07) is 1.75. The molecular weight excluding hydrogens is 194 g/mol. The van der Waals surface area contributed by atoms with Crippen LogP contribution in [0.5, 0.6) is 0 Å². The molecule has 0 saturated carbocycles. The van der Waals surface area contributed by atoms with Crippen molar-refractivity contribution in [2.24, 2.45) is 0 Å². The molecule has 1 rings (SSSR count). The topological polar surface area (TPSA) is 78.0 Å². The zero-order chi connectivity index (χ0) is 11.3. The van der Waals surface area contributed by atoms with Gasteiger partial charge in [0.2, 0.25) is 5.91 Å². The van der Waals surface area contributed by atoms with Gasteiger partial charge in [-0.3, -0.25) is 9.89 Å². The van der Waals surface area contributed by atoms with Gasteiger partial charge in [-0.15, -0.1) is 0 Å². The Morgan fingerprint density at radius 1 is 1.73 bits per heavy atom. The molecule has 5 heteroatoms. The number of aliphatic hydroxyl groups is 1. The molecular formula is C10H17N3O2. The normalized spacial score (nSPS) is 14.6. The predicted octanol–water partition coefficient (Wildman–Crippen LogP) is 0.229. The first-order valence-corrected chi connectivity index (χ1v) is 5.00. The van der Waals surface area contributed by atoms with E-state index in [9.17, 15) is 4.79 Å². The first-order chi connectivity index (χ1) is 7.09. The highest BCUT2D eigenvalue weighted by molar-refractivity contribution is 5.78. The lowest BCUT2D eigenvalue weighted by atomic mass is 10.00. The highest BCUT2D eigenvalue weighted by Gasteiger charge is 2.23. The molecule has 3 N–H and O–H groups in total. The molecule has 1 unspecified atom stereocenters. The van der Waals surface area contributed by atoms with Crippen molar-refractivity contribution in [3.05, 3.63) is 18.0 Å². The van der Waals surface area contributed by atoms with E-state index in [0.717, 1.165) is 5.69 Å². The largest absolute Gasteiger partial charge is 0.394 e. The Bertz CT molecular complexity index is 304. The molecule has 0 saturated heterocycles. The predicted molar refractivity (Wildman–Crippen MR) is 56.2 cm³/mol. The monoisotopic (exact) mass is 211 g/mol. The van der Waals surface area contributed by atoms with Crippen LogP contribution < -0.4 is 5.32 Å². The number of rotatable bonds is 5. The lowest BCUT2D eigenvalue weighted by Crippen LogP contribution is -2.48. The van der Waals surface area contributed by atoms with E-state index in [-0.39, 0.29) is 18.9 Å². The molecule has 0 aromatic carbocycles. The SMILES string of the molecule is CCC(C)(CO)NC(=O)Cc1ccn[nH]1. The lowest BCUT2D eigenvalue weighted by molar-refractivity contribution is -0.122. The molecule has 1 amide bonds. The molecule has 1 aromatic rings. The number of nitrogens with one attached hydrogen (secondary N) is 2. The number of hydrogen-bond donors (Lipinski definition) is 3. The summed E-state index contributed by atoms with van der Waals surface area (Å²) in [5.41, 5.74) is 0.237. The number of H-pyrrole nitrogens is 1. The van der Waals surface area contributed by atoms with Gasteiger partial charge >= 0.3 is 0 Å². The Morgan fingerprint density at radius 2 is 2.47 bits per heavy atom. The Morgan fingerprint density at radius 3 is 2.93 bits per heavy atom. The summed E-state index contributed by atoms with van der Waals surface area (Å²) in [7, 11) is 0. The second-order valence-electron chi connectivity index (χ2n) is 3.88. The molecule has 15 heavy (non-hydrogen) atoms. The molecule has 0 aliphatic heterocycles.